The molecule has 1 heterocycles. The molecule has 0 aliphatic heterocycles. The molecular formula is C15H18ClN3O2S. The fourth-order valence-corrected chi connectivity index (χ4v) is 2.97. The molecule has 2 rings (SSSR count). The Morgan fingerprint density at radius 1 is 1.41 bits per heavy atom. The van der Waals surface area contributed by atoms with Crippen LogP contribution in [0.15, 0.2) is 18.2 Å². The lowest BCUT2D eigenvalue weighted by Crippen LogP contribution is -2.30. The van der Waals surface area contributed by atoms with Crippen LogP contribution in [0, 0.1) is 13.8 Å². The number of methoxy groups -OCH3 is 1. The molecule has 5 nitrogen and oxygen atoms in total. The van der Waals surface area contributed by atoms with Crippen molar-refractivity contribution in [3.8, 4) is 5.75 Å². The summed E-state index contributed by atoms with van der Waals surface area (Å²) in [5, 5.41) is 6.96. The number of carbonyl (C=O) groups excluding carboxylic acids is 1. The molecular weight excluding hydrogens is 322 g/mol. The third-order valence-corrected chi connectivity index (χ3v) is 4.57. The predicted molar refractivity (Wildman–Crippen MR) is 90.3 cm³/mol. The number of anilines is 1. The topological polar surface area (TPSA) is 63.2 Å². The molecule has 118 valence electrons. The van der Waals surface area contributed by atoms with Crippen molar-refractivity contribution in [3.05, 3.63) is 38.8 Å². The Morgan fingerprint density at radius 3 is 2.77 bits per heavy atom. The van der Waals surface area contributed by atoms with Crippen molar-refractivity contribution in [2.24, 2.45) is 0 Å². The van der Waals surface area contributed by atoms with Gasteiger partial charge in [0.05, 0.1) is 28.5 Å². The van der Waals surface area contributed by atoms with Crippen LogP contribution >= 0.6 is 22.9 Å². The minimum absolute atomic E-state index is 0.294. The fraction of sp³-hybridized carbons (Fsp3) is 0.333. The summed E-state index contributed by atoms with van der Waals surface area (Å²) in [6.07, 6.45) is 0.711. The zero-order chi connectivity index (χ0) is 16.1. The average molecular weight is 340 g/mol. The number of nitrogens with zero attached hydrogens (tertiary/aromatic N) is 1. The van der Waals surface area contributed by atoms with Crippen LogP contribution in [0.3, 0.4) is 0 Å². The van der Waals surface area contributed by atoms with Crippen molar-refractivity contribution in [3.63, 3.8) is 0 Å². The SMILES string of the molecule is COc1ccc(NC(=O)NCCc2nc(C)c(C)s2)c(Cl)c1. The summed E-state index contributed by atoms with van der Waals surface area (Å²) in [4.78, 5) is 17.5. The van der Waals surface area contributed by atoms with Gasteiger partial charge in [-0.25, -0.2) is 9.78 Å². The molecule has 7 heteroatoms. The fourth-order valence-electron chi connectivity index (χ4n) is 1.82. The van der Waals surface area contributed by atoms with Gasteiger partial charge in [0, 0.05) is 23.9 Å². The molecule has 0 bridgehead atoms. The second-order valence-electron chi connectivity index (χ2n) is 4.73. The molecule has 1 aromatic heterocycles. The number of benzene rings is 1. The van der Waals surface area contributed by atoms with Crippen LogP contribution in [0.4, 0.5) is 10.5 Å². The number of carbonyl (C=O) groups is 1. The minimum Gasteiger partial charge on any atom is -0.497 e. The first kappa shape index (κ1) is 16.6. The number of nitrogens with one attached hydrogen (secondary N) is 2. The van der Waals surface area contributed by atoms with Crippen molar-refractivity contribution >= 4 is 34.7 Å². The molecule has 0 aliphatic rings. The van der Waals surface area contributed by atoms with Crippen LogP contribution in [-0.4, -0.2) is 24.7 Å². The molecule has 0 spiro atoms. The summed E-state index contributed by atoms with van der Waals surface area (Å²) in [5.41, 5.74) is 1.59. The Hall–Kier alpha value is -1.79. The van der Waals surface area contributed by atoms with E-state index in [0.717, 1.165) is 10.7 Å². The predicted octanol–water partition coefficient (Wildman–Crippen LogP) is 3.79. The molecule has 0 atom stereocenters. The largest absolute Gasteiger partial charge is 0.497 e. The van der Waals surface area contributed by atoms with Gasteiger partial charge in [-0.2, -0.15) is 0 Å². The van der Waals surface area contributed by atoms with Crippen molar-refractivity contribution in [2.75, 3.05) is 19.0 Å². The quantitative estimate of drug-likeness (QED) is 0.871. The van der Waals surface area contributed by atoms with Gasteiger partial charge < -0.3 is 15.4 Å². The van der Waals surface area contributed by atoms with Gasteiger partial charge in [0.25, 0.3) is 0 Å². The second-order valence-corrected chi connectivity index (χ2v) is 6.42. The first-order valence-corrected chi connectivity index (χ1v) is 8.00. The van der Waals surface area contributed by atoms with Gasteiger partial charge in [0.2, 0.25) is 0 Å². The van der Waals surface area contributed by atoms with Crippen LogP contribution in [0.5, 0.6) is 5.75 Å². The molecule has 0 saturated heterocycles. The second kappa shape index (κ2) is 7.47. The number of hydrogen-bond acceptors (Lipinski definition) is 4. The van der Waals surface area contributed by atoms with Gasteiger partial charge in [-0.3, -0.25) is 0 Å². The molecule has 0 saturated carbocycles. The Kier molecular flexibility index (Phi) is 5.63. The molecule has 0 unspecified atom stereocenters. The zero-order valence-electron chi connectivity index (χ0n) is 12.7. The summed E-state index contributed by atoms with van der Waals surface area (Å²) < 4.78 is 5.06. The highest BCUT2D eigenvalue weighted by molar-refractivity contribution is 7.11. The first-order valence-electron chi connectivity index (χ1n) is 6.81. The van der Waals surface area contributed by atoms with E-state index in [1.54, 1.807) is 36.6 Å². The third-order valence-electron chi connectivity index (χ3n) is 3.12. The van der Waals surface area contributed by atoms with E-state index in [1.165, 1.54) is 4.88 Å². The summed E-state index contributed by atoms with van der Waals surface area (Å²) >= 11 is 7.73. The van der Waals surface area contributed by atoms with Gasteiger partial charge in [-0.15, -0.1) is 11.3 Å². The van der Waals surface area contributed by atoms with E-state index in [-0.39, 0.29) is 6.03 Å². The number of ether oxygens (including phenoxy) is 1. The summed E-state index contributed by atoms with van der Waals surface area (Å²) in [6, 6.07) is 4.80. The Labute approximate surface area is 138 Å². The average Bonchev–Trinajstić information content (AvgIpc) is 2.79. The number of hydrogen-bond donors (Lipinski definition) is 2. The molecule has 2 N–H and O–H groups in total. The number of amides is 2. The minimum atomic E-state index is -0.294. The van der Waals surface area contributed by atoms with Crippen LogP contribution < -0.4 is 15.4 Å². The number of thiazole rings is 1. The van der Waals surface area contributed by atoms with Crippen LogP contribution in [0.25, 0.3) is 0 Å². The maximum Gasteiger partial charge on any atom is 0.319 e. The molecule has 2 aromatic rings. The van der Waals surface area contributed by atoms with E-state index >= 15 is 0 Å². The van der Waals surface area contributed by atoms with Crippen molar-refractivity contribution in [2.45, 2.75) is 20.3 Å². The lowest BCUT2D eigenvalue weighted by atomic mass is 10.3. The Balaban J connectivity index is 1.83. The van der Waals surface area contributed by atoms with Crippen LogP contribution in [0.2, 0.25) is 5.02 Å². The Bertz CT molecular complexity index is 653. The molecule has 1 aromatic carbocycles. The number of aromatic nitrogens is 1. The van der Waals surface area contributed by atoms with E-state index in [9.17, 15) is 4.79 Å². The van der Waals surface area contributed by atoms with Crippen molar-refractivity contribution in [1.29, 1.82) is 0 Å². The molecule has 0 radical (unpaired) electrons. The maximum atomic E-state index is 11.9. The summed E-state index contributed by atoms with van der Waals surface area (Å²) in [5.74, 6) is 0.644. The first-order chi connectivity index (χ1) is 10.5. The highest BCUT2D eigenvalue weighted by Crippen LogP contribution is 2.26. The lowest BCUT2D eigenvalue weighted by molar-refractivity contribution is 0.252. The van der Waals surface area contributed by atoms with Crippen LogP contribution in [0.1, 0.15) is 15.6 Å². The molecule has 0 fully saturated rings. The van der Waals surface area contributed by atoms with Gasteiger partial charge in [-0.05, 0) is 26.0 Å². The number of urea groups is 1. The standard InChI is InChI=1S/C15H18ClN3O2S/c1-9-10(2)22-14(18-9)6-7-17-15(20)19-13-5-4-11(21-3)8-12(13)16/h4-5,8H,6-7H2,1-3H3,(H2,17,19,20). The van der Waals surface area contributed by atoms with E-state index < -0.39 is 0 Å². The number of rotatable bonds is 5. The summed E-state index contributed by atoms with van der Waals surface area (Å²) in [7, 11) is 1.56. The zero-order valence-corrected chi connectivity index (χ0v) is 14.3. The Morgan fingerprint density at radius 2 is 2.18 bits per heavy atom. The molecule has 2 amide bonds. The van der Waals surface area contributed by atoms with E-state index in [1.807, 2.05) is 13.8 Å². The number of halogens is 1. The highest BCUT2D eigenvalue weighted by Gasteiger charge is 2.08. The third kappa shape index (κ3) is 4.35. The maximum absolute atomic E-state index is 11.9. The van der Waals surface area contributed by atoms with Crippen molar-refractivity contribution < 1.29 is 9.53 Å². The highest BCUT2D eigenvalue weighted by atomic mass is 35.5. The lowest BCUT2D eigenvalue weighted by Gasteiger charge is -2.09. The van der Waals surface area contributed by atoms with E-state index in [4.69, 9.17) is 16.3 Å². The van der Waals surface area contributed by atoms with Gasteiger partial charge in [0.15, 0.2) is 0 Å². The van der Waals surface area contributed by atoms with Gasteiger partial charge in [-0.1, -0.05) is 11.6 Å². The van der Waals surface area contributed by atoms with Gasteiger partial charge in [0.1, 0.15) is 5.75 Å². The van der Waals surface area contributed by atoms with Crippen LogP contribution in [-0.2, 0) is 6.42 Å². The summed E-state index contributed by atoms with van der Waals surface area (Å²) in [6.45, 7) is 4.55. The monoisotopic (exact) mass is 339 g/mol. The van der Waals surface area contributed by atoms with Gasteiger partial charge >= 0.3 is 6.03 Å². The molecule has 0 aliphatic carbocycles. The number of aryl methyl sites for hydroxylation is 2. The molecule has 22 heavy (non-hydrogen) atoms. The normalized spacial score (nSPS) is 10.4. The van der Waals surface area contributed by atoms with E-state index in [2.05, 4.69) is 15.6 Å². The smallest absolute Gasteiger partial charge is 0.319 e. The van der Waals surface area contributed by atoms with E-state index in [0.29, 0.717) is 29.4 Å². The van der Waals surface area contributed by atoms with Crippen molar-refractivity contribution in [1.82, 2.24) is 10.3 Å².